The molecule has 0 spiro atoms. The molecule has 1 fully saturated rings. The van der Waals surface area contributed by atoms with Gasteiger partial charge in [0.2, 0.25) is 11.9 Å². The highest BCUT2D eigenvalue weighted by atomic mass is 16.2. The van der Waals surface area contributed by atoms with Crippen LogP contribution in [-0.4, -0.2) is 56.7 Å². The Morgan fingerprint density at radius 3 is 2.34 bits per heavy atom. The molecule has 1 unspecified atom stereocenters. The van der Waals surface area contributed by atoms with E-state index in [1.165, 1.54) is 19.3 Å². The van der Waals surface area contributed by atoms with Crippen molar-refractivity contribution >= 4 is 34.4 Å². The Morgan fingerprint density at radius 2 is 1.66 bits per heavy atom. The summed E-state index contributed by atoms with van der Waals surface area (Å²) in [6, 6.07) is 18.1. The van der Waals surface area contributed by atoms with Crippen LogP contribution in [0, 0.1) is 0 Å². The van der Waals surface area contributed by atoms with Crippen LogP contribution in [0.15, 0.2) is 79.3 Å². The lowest BCUT2D eigenvalue weighted by Crippen LogP contribution is -2.41. The summed E-state index contributed by atoms with van der Waals surface area (Å²) in [6.45, 7) is 1.67. The Bertz CT molecular complexity index is 1760. The quantitative estimate of drug-likeness (QED) is 0.237. The second-order valence-corrected chi connectivity index (χ2v) is 11.5. The summed E-state index contributed by atoms with van der Waals surface area (Å²) in [5, 5.41) is 11.6. The normalized spacial score (nSPS) is 14.2. The van der Waals surface area contributed by atoms with Crippen LogP contribution in [0.1, 0.15) is 61.0 Å². The molecule has 1 atom stereocenters. The summed E-state index contributed by atoms with van der Waals surface area (Å²) in [6.07, 6.45) is 11.2. The average Bonchev–Trinajstić information content (AvgIpc) is 3.45. The van der Waals surface area contributed by atoms with Crippen molar-refractivity contribution in [2.24, 2.45) is 0 Å². The number of rotatable bonds is 8. The van der Waals surface area contributed by atoms with Gasteiger partial charge in [0.05, 0.1) is 11.2 Å². The van der Waals surface area contributed by atoms with Gasteiger partial charge in [-0.1, -0.05) is 43.5 Å². The molecule has 0 bridgehead atoms. The number of aromatic nitrogens is 5. The number of carbonyl (C=O) groups excluding carboxylic acids is 2. The van der Waals surface area contributed by atoms with Gasteiger partial charge in [-0.2, -0.15) is 5.10 Å². The third kappa shape index (κ3) is 6.15. The summed E-state index contributed by atoms with van der Waals surface area (Å²) in [5.41, 5.74) is 4.78. The predicted molar refractivity (Wildman–Crippen MR) is 172 cm³/mol. The number of amides is 2. The highest BCUT2D eigenvalue weighted by molar-refractivity contribution is 6.02. The molecule has 5 aromatic rings. The summed E-state index contributed by atoms with van der Waals surface area (Å²) in [5.74, 6) is 1.15. The van der Waals surface area contributed by atoms with Crippen LogP contribution in [0.5, 0.6) is 0 Å². The van der Waals surface area contributed by atoms with E-state index in [0.717, 1.165) is 46.4 Å². The van der Waals surface area contributed by atoms with Crippen LogP contribution in [0.2, 0.25) is 0 Å². The van der Waals surface area contributed by atoms with Crippen molar-refractivity contribution in [1.82, 2.24) is 30.0 Å². The van der Waals surface area contributed by atoms with Gasteiger partial charge in [-0.05, 0) is 61.7 Å². The van der Waals surface area contributed by atoms with Crippen LogP contribution >= 0.6 is 0 Å². The van der Waals surface area contributed by atoms with Crippen molar-refractivity contribution < 1.29 is 9.59 Å². The van der Waals surface area contributed by atoms with Gasteiger partial charge in [-0.3, -0.25) is 9.59 Å². The Labute approximate surface area is 256 Å². The molecule has 3 heterocycles. The average molecular weight is 589 g/mol. The molecule has 44 heavy (non-hydrogen) atoms. The molecule has 1 aliphatic carbocycles. The van der Waals surface area contributed by atoms with Crippen molar-refractivity contribution in [2.75, 3.05) is 24.3 Å². The lowest BCUT2D eigenvalue weighted by atomic mass is 9.85. The first-order valence-corrected chi connectivity index (χ1v) is 15.0. The molecule has 1 saturated carbocycles. The zero-order chi connectivity index (χ0) is 30.6. The van der Waals surface area contributed by atoms with Crippen molar-refractivity contribution in [3.8, 4) is 16.9 Å². The molecule has 1 aliphatic rings. The van der Waals surface area contributed by atoms with Gasteiger partial charge in [0, 0.05) is 60.8 Å². The van der Waals surface area contributed by atoms with Crippen LogP contribution in [0.4, 0.5) is 11.6 Å². The Kier molecular flexibility index (Phi) is 8.31. The second-order valence-electron chi connectivity index (χ2n) is 11.5. The maximum Gasteiger partial charge on any atom is 0.251 e. The van der Waals surface area contributed by atoms with E-state index in [-0.39, 0.29) is 11.8 Å². The summed E-state index contributed by atoms with van der Waals surface area (Å²) < 4.78 is 1.94. The lowest BCUT2D eigenvalue weighted by molar-refractivity contribution is -0.117. The summed E-state index contributed by atoms with van der Waals surface area (Å²) >= 11 is 0. The third-order valence-electron chi connectivity index (χ3n) is 8.09. The molecule has 6 rings (SSSR count). The molecule has 0 aliphatic heterocycles. The van der Waals surface area contributed by atoms with Gasteiger partial charge in [0.25, 0.3) is 5.91 Å². The number of hydrogen-bond acceptors (Lipinski definition) is 7. The Hall–Kier alpha value is -5.12. The first-order valence-electron chi connectivity index (χ1n) is 15.0. The molecule has 3 aromatic heterocycles. The van der Waals surface area contributed by atoms with Gasteiger partial charge < -0.3 is 15.5 Å². The van der Waals surface area contributed by atoms with E-state index >= 15 is 0 Å². The maximum absolute atomic E-state index is 13.2. The SMILES string of the molecule is CC(NC(=O)c1ccc2c(C3CCCCC3)n(-c3ccccn3)nc2c1)C(=O)Nc1ccc(-c2cnc(N(C)C)nc2)cc1. The van der Waals surface area contributed by atoms with Crippen LogP contribution in [-0.2, 0) is 4.79 Å². The minimum atomic E-state index is -0.756. The fraction of sp³-hybridized carbons (Fsp3) is 0.294. The standard InChI is InChI=1S/C34H36N8O2/c1-22(32(43)39-27-15-12-23(13-16-27)26-20-36-34(37-21-26)41(2)3)38-33(44)25-14-17-28-29(19-25)40-42(30-11-7-8-18-35-30)31(28)24-9-5-4-6-10-24/h7-8,11-22,24H,4-6,9-10H2,1-3H3,(H,38,44)(H,39,43). The minimum absolute atomic E-state index is 0.315. The van der Waals surface area contributed by atoms with Gasteiger partial charge in [-0.25, -0.2) is 19.6 Å². The van der Waals surface area contributed by atoms with Gasteiger partial charge in [-0.15, -0.1) is 0 Å². The van der Waals surface area contributed by atoms with Gasteiger partial charge >= 0.3 is 0 Å². The highest BCUT2D eigenvalue weighted by Crippen LogP contribution is 2.37. The fourth-order valence-corrected chi connectivity index (χ4v) is 5.71. The number of pyridine rings is 1. The molecule has 10 nitrogen and oxygen atoms in total. The number of nitrogens with zero attached hydrogens (tertiary/aromatic N) is 6. The van der Waals surface area contributed by atoms with E-state index in [9.17, 15) is 9.59 Å². The minimum Gasteiger partial charge on any atom is -0.347 e. The highest BCUT2D eigenvalue weighted by Gasteiger charge is 2.25. The van der Waals surface area contributed by atoms with Crippen LogP contribution < -0.4 is 15.5 Å². The number of nitrogens with one attached hydrogen (secondary N) is 2. The molecular formula is C34H36N8O2. The molecule has 10 heteroatoms. The molecule has 2 amide bonds. The number of fused-ring (bicyclic) bond motifs is 1. The van der Waals surface area contributed by atoms with E-state index in [4.69, 9.17) is 5.10 Å². The molecule has 0 radical (unpaired) electrons. The predicted octanol–water partition coefficient (Wildman–Crippen LogP) is 5.75. The van der Waals surface area contributed by atoms with E-state index in [1.807, 2.05) is 78.3 Å². The van der Waals surface area contributed by atoms with Gasteiger partial charge in [0.15, 0.2) is 5.82 Å². The molecule has 224 valence electrons. The van der Waals surface area contributed by atoms with Crippen LogP contribution in [0.25, 0.3) is 27.8 Å². The topological polar surface area (TPSA) is 118 Å². The van der Waals surface area contributed by atoms with E-state index in [0.29, 0.717) is 23.1 Å². The number of carbonyl (C=O) groups is 2. The Balaban J connectivity index is 1.14. The summed E-state index contributed by atoms with van der Waals surface area (Å²) in [4.78, 5) is 41.3. The van der Waals surface area contributed by atoms with Crippen molar-refractivity contribution in [1.29, 1.82) is 0 Å². The van der Waals surface area contributed by atoms with Crippen molar-refractivity contribution in [2.45, 2.75) is 51.0 Å². The lowest BCUT2D eigenvalue weighted by Gasteiger charge is -2.22. The van der Waals surface area contributed by atoms with Crippen LogP contribution in [0.3, 0.4) is 0 Å². The van der Waals surface area contributed by atoms with Crippen molar-refractivity contribution in [3.63, 3.8) is 0 Å². The Morgan fingerprint density at radius 1 is 0.909 bits per heavy atom. The number of benzene rings is 2. The van der Waals surface area contributed by atoms with E-state index in [1.54, 1.807) is 31.6 Å². The molecule has 2 aromatic carbocycles. The zero-order valence-electron chi connectivity index (χ0n) is 25.2. The molecule has 0 saturated heterocycles. The molecule has 2 N–H and O–H groups in total. The van der Waals surface area contributed by atoms with E-state index in [2.05, 4.69) is 25.6 Å². The smallest absolute Gasteiger partial charge is 0.251 e. The van der Waals surface area contributed by atoms with Crippen molar-refractivity contribution in [3.05, 3.63) is 90.5 Å². The number of anilines is 2. The number of hydrogen-bond donors (Lipinski definition) is 2. The molecular weight excluding hydrogens is 552 g/mol. The first kappa shape index (κ1) is 29.0. The fourth-order valence-electron chi connectivity index (χ4n) is 5.71. The zero-order valence-corrected chi connectivity index (χ0v) is 25.2. The summed E-state index contributed by atoms with van der Waals surface area (Å²) in [7, 11) is 3.78. The second kappa shape index (κ2) is 12.6. The maximum atomic E-state index is 13.2. The van der Waals surface area contributed by atoms with Gasteiger partial charge in [0.1, 0.15) is 6.04 Å². The monoisotopic (exact) mass is 588 g/mol. The largest absolute Gasteiger partial charge is 0.347 e. The first-order chi connectivity index (χ1) is 21.4. The van der Waals surface area contributed by atoms with E-state index < -0.39 is 6.04 Å². The third-order valence-corrected chi connectivity index (χ3v) is 8.09.